The van der Waals surface area contributed by atoms with Crippen LogP contribution >= 0.6 is 0 Å². The summed E-state index contributed by atoms with van der Waals surface area (Å²) in [5.74, 6) is 2.54. The van der Waals surface area contributed by atoms with E-state index in [1.807, 2.05) is 0 Å². The topological polar surface area (TPSA) is 0 Å². The maximum absolute atomic E-state index is 2.55. The van der Waals surface area contributed by atoms with Gasteiger partial charge < -0.3 is 0 Å². The average Bonchev–Trinajstić information content (AvgIpc) is 2.69. The van der Waals surface area contributed by atoms with Gasteiger partial charge in [-0.25, -0.2) is 0 Å². The van der Waals surface area contributed by atoms with Crippen LogP contribution in [0.1, 0.15) is 127 Å². The molecule has 0 aromatic heterocycles. The summed E-state index contributed by atoms with van der Waals surface area (Å²) in [4.78, 5) is 0. The minimum atomic E-state index is 0.499. The lowest BCUT2D eigenvalue weighted by atomic mass is 9.77. The molecule has 4 aromatic carbocycles. The number of rotatable bonds is 5. The van der Waals surface area contributed by atoms with Gasteiger partial charge in [0.05, 0.1) is 0 Å². The first-order valence-corrected chi connectivity index (χ1v) is 12.4. The minimum Gasteiger partial charge on any atom is -0.0587 e. The van der Waals surface area contributed by atoms with Crippen LogP contribution in [0.15, 0.2) is 30.3 Å². The van der Waals surface area contributed by atoms with Crippen molar-refractivity contribution in [2.75, 3.05) is 0 Å². The van der Waals surface area contributed by atoms with E-state index in [0.29, 0.717) is 29.6 Å². The lowest BCUT2D eigenvalue weighted by molar-refractivity contribution is 0.836. The van der Waals surface area contributed by atoms with Gasteiger partial charge in [-0.15, -0.1) is 0 Å². The molecule has 0 radical (unpaired) electrons. The Morgan fingerprint density at radius 2 is 0.710 bits per heavy atom. The van der Waals surface area contributed by atoms with Crippen molar-refractivity contribution in [3.8, 4) is 0 Å². The standard InChI is InChI=1S/C31H40/c1-16(2)23-13-25(18(5)6)28-15-27(20(9)10)30-26(19(7)8)14-24(17(3)4)22-12-11-21(23)29(28)31(22)30/h11-20H,1-10H3. The molecular formula is C31H40. The van der Waals surface area contributed by atoms with Gasteiger partial charge in [0.15, 0.2) is 0 Å². The quantitative estimate of drug-likeness (QED) is 0.286. The van der Waals surface area contributed by atoms with E-state index in [9.17, 15) is 0 Å². The van der Waals surface area contributed by atoms with Gasteiger partial charge >= 0.3 is 0 Å². The normalized spacial score (nSPS) is 13.0. The van der Waals surface area contributed by atoms with E-state index in [1.54, 1.807) is 0 Å². The Bertz CT molecular complexity index is 1250. The fourth-order valence-corrected chi connectivity index (χ4v) is 5.59. The predicted molar refractivity (Wildman–Crippen MR) is 141 cm³/mol. The summed E-state index contributed by atoms with van der Waals surface area (Å²) < 4.78 is 0. The molecule has 0 aliphatic heterocycles. The molecule has 0 heteroatoms. The lowest BCUT2D eigenvalue weighted by Gasteiger charge is -2.27. The molecule has 0 spiro atoms. The summed E-state index contributed by atoms with van der Waals surface area (Å²) in [6.07, 6.45) is 0. The fraction of sp³-hybridized carbons (Fsp3) is 0.484. The van der Waals surface area contributed by atoms with Crippen LogP contribution in [0.25, 0.3) is 32.3 Å². The third-order valence-corrected chi connectivity index (χ3v) is 7.27. The molecule has 0 aliphatic rings. The highest BCUT2D eigenvalue weighted by Gasteiger charge is 2.24. The molecule has 31 heavy (non-hydrogen) atoms. The Kier molecular flexibility index (Phi) is 5.57. The van der Waals surface area contributed by atoms with E-state index in [4.69, 9.17) is 0 Å². The molecule has 0 bridgehead atoms. The Labute approximate surface area is 189 Å². The van der Waals surface area contributed by atoms with Gasteiger partial charge in [-0.2, -0.15) is 0 Å². The van der Waals surface area contributed by atoms with Gasteiger partial charge in [-0.05, 0) is 95.8 Å². The Hall–Kier alpha value is -2.08. The van der Waals surface area contributed by atoms with E-state index in [1.165, 1.54) is 60.1 Å². The summed E-state index contributed by atoms with van der Waals surface area (Å²) in [5.41, 5.74) is 7.55. The van der Waals surface area contributed by atoms with Gasteiger partial charge in [0.2, 0.25) is 0 Å². The molecule has 0 saturated heterocycles. The molecule has 0 aliphatic carbocycles. The largest absolute Gasteiger partial charge is 0.0587 e. The zero-order valence-electron chi connectivity index (χ0n) is 21.3. The van der Waals surface area contributed by atoms with Crippen molar-refractivity contribution in [2.24, 2.45) is 0 Å². The molecule has 0 heterocycles. The van der Waals surface area contributed by atoms with Crippen LogP contribution in [0.2, 0.25) is 0 Å². The lowest BCUT2D eigenvalue weighted by Crippen LogP contribution is -2.05. The van der Waals surface area contributed by atoms with Gasteiger partial charge in [-0.1, -0.05) is 93.5 Å². The Balaban J connectivity index is 2.41. The molecule has 4 aromatic rings. The molecule has 0 fully saturated rings. The van der Waals surface area contributed by atoms with E-state index >= 15 is 0 Å². The van der Waals surface area contributed by atoms with Crippen LogP contribution in [0.3, 0.4) is 0 Å². The number of hydrogen-bond acceptors (Lipinski definition) is 0. The summed E-state index contributed by atoms with van der Waals surface area (Å²) in [6, 6.07) is 12.4. The highest BCUT2D eigenvalue weighted by Crippen LogP contribution is 2.47. The van der Waals surface area contributed by atoms with Gasteiger partial charge in [0.25, 0.3) is 0 Å². The highest BCUT2D eigenvalue weighted by molar-refractivity contribution is 6.26. The first-order valence-electron chi connectivity index (χ1n) is 12.4. The van der Waals surface area contributed by atoms with E-state index in [0.717, 1.165) is 0 Å². The second-order valence-electron chi connectivity index (χ2n) is 11.2. The summed E-state index contributed by atoms with van der Waals surface area (Å²) in [5, 5.41) is 8.96. The monoisotopic (exact) mass is 412 g/mol. The first kappa shape index (κ1) is 22.1. The smallest absolute Gasteiger partial charge is 0.00180 e. The van der Waals surface area contributed by atoms with Gasteiger partial charge in [0.1, 0.15) is 0 Å². The van der Waals surface area contributed by atoms with Crippen molar-refractivity contribution in [2.45, 2.75) is 98.8 Å². The SMILES string of the molecule is CC(C)c1cc(C(C)C)c2cc(C(C)C)c3c(C(C)C)cc(C(C)C)c4ccc1c2c43. The van der Waals surface area contributed by atoms with Crippen molar-refractivity contribution >= 4 is 32.3 Å². The van der Waals surface area contributed by atoms with Crippen LogP contribution in [0.5, 0.6) is 0 Å². The third kappa shape index (κ3) is 3.34. The van der Waals surface area contributed by atoms with Gasteiger partial charge in [-0.3, -0.25) is 0 Å². The van der Waals surface area contributed by atoms with Crippen molar-refractivity contribution in [3.63, 3.8) is 0 Å². The second kappa shape index (κ2) is 7.80. The minimum absolute atomic E-state index is 0.499. The number of hydrogen-bond donors (Lipinski definition) is 0. The maximum atomic E-state index is 2.55. The molecule has 0 saturated carbocycles. The molecule has 0 unspecified atom stereocenters. The zero-order chi connectivity index (χ0) is 22.8. The van der Waals surface area contributed by atoms with Crippen LogP contribution in [-0.4, -0.2) is 0 Å². The predicted octanol–water partition coefficient (Wildman–Crippen LogP) is 10.2. The van der Waals surface area contributed by atoms with Crippen molar-refractivity contribution in [1.82, 2.24) is 0 Å². The molecule has 0 amide bonds. The molecule has 4 rings (SSSR count). The summed E-state index contributed by atoms with van der Waals surface area (Å²) >= 11 is 0. The van der Waals surface area contributed by atoms with Gasteiger partial charge in [0, 0.05) is 0 Å². The highest BCUT2D eigenvalue weighted by atomic mass is 14.3. The molecular weight excluding hydrogens is 372 g/mol. The maximum Gasteiger partial charge on any atom is -0.00180 e. The van der Waals surface area contributed by atoms with Crippen molar-refractivity contribution in [1.29, 1.82) is 0 Å². The zero-order valence-corrected chi connectivity index (χ0v) is 21.3. The average molecular weight is 413 g/mol. The molecule has 164 valence electrons. The Morgan fingerprint density at radius 1 is 0.355 bits per heavy atom. The summed E-state index contributed by atoms with van der Waals surface area (Å²) in [6.45, 7) is 23.5. The van der Waals surface area contributed by atoms with Crippen LogP contribution in [0, 0.1) is 0 Å². The van der Waals surface area contributed by atoms with Crippen molar-refractivity contribution in [3.05, 3.63) is 58.1 Å². The van der Waals surface area contributed by atoms with E-state index in [-0.39, 0.29) is 0 Å². The van der Waals surface area contributed by atoms with E-state index in [2.05, 4.69) is 99.6 Å². The van der Waals surface area contributed by atoms with Crippen LogP contribution < -0.4 is 0 Å². The number of benzene rings is 4. The van der Waals surface area contributed by atoms with Crippen molar-refractivity contribution < 1.29 is 0 Å². The molecule has 0 nitrogen and oxygen atoms in total. The van der Waals surface area contributed by atoms with Crippen LogP contribution in [0.4, 0.5) is 0 Å². The molecule has 0 N–H and O–H groups in total. The first-order chi connectivity index (χ1) is 14.5. The molecule has 0 atom stereocenters. The summed E-state index contributed by atoms with van der Waals surface area (Å²) in [7, 11) is 0. The van der Waals surface area contributed by atoms with Crippen LogP contribution in [-0.2, 0) is 0 Å². The fourth-order valence-electron chi connectivity index (χ4n) is 5.59. The Morgan fingerprint density at radius 3 is 1.16 bits per heavy atom. The third-order valence-electron chi connectivity index (χ3n) is 7.27. The second-order valence-corrected chi connectivity index (χ2v) is 11.2. The van der Waals surface area contributed by atoms with E-state index < -0.39 is 0 Å².